The van der Waals surface area contributed by atoms with Gasteiger partial charge in [0.05, 0.1) is 25.5 Å². The number of halogens is 1. The molecule has 2 atom stereocenters. The van der Waals surface area contributed by atoms with Gasteiger partial charge >= 0.3 is 0 Å². The average molecular weight is 372 g/mol. The molecular formula is C20H25FN4O2. The van der Waals surface area contributed by atoms with E-state index in [1.165, 1.54) is 4.90 Å². The highest BCUT2D eigenvalue weighted by Gasteiger charge is 2.34. The summed E-state index contributed by atoms with van der Waals surface area (Å²) in [6, 6.07) is 8.04. The summed E-state index contributed by atoms with van der Waals surface area (Å²) >= 11 is 0. The standard InChI is InChI=1S/C20H25FN4O2/c21-15-9-19(22)25(12-15)20(26)13-24-7-5-16(6-8-24)27-18-11-23-10-14-3-1-2-4-17(14)18/h1-4,10-11,15-16,19H,5-9,12-13,22H2/t15-,19-/m0/s1. The zero-order valence-electron chi connectivity index (χ0n) is 15.3. The number of carbonyl (C=O) groups excluding carboxylic acids is 1. The van der Waals surface area contributed by atoms with Crippen LogP contribution in [0.3, 0.4) is 0 Å². The fraction of sp³-hybridized carbons (Fsp3) is 0.500. The minimum atomic E-state index is -1.00. The Kier molecular flexibility index (Phi) is 5.22. The third kappa shape index (κ3) is 4.04. The molecule has 0 bridgehead atoms. The van der Waals surface area contributed by atoms with Gasteiger partial charge in [-0.05, 0) is 12.8 Å². The molecule has 1 aromatic heterocycles. The zero-order valence-corrected chi connectivity index (χ0v) is 15.3. The van der Waals surface area contributed by atoms with E-state index in [4.69, 9.17) is 10.5 Å². The molecule has 144 valence electrons. The van der Waals surface area contributed by atoms with Crippen LogP contribution in [-0.4, -0.2) is 65.3 Å². The highest BCUT2D eigenvalue weighted by molar-refractivity contribution is 5.87. The van der Waals surface area contributed by atoms with E-state index >= 15 is 0 Å². The minimum absolute atomic E-state index is 0.0831. The molecule has 7 heteroatoms. The number of piperidine rings is 1. The molecule has 1 amide bonds. The molecule has 4 rings (SSSR count). The van der Waals surface area contributed by atoms with Crippen molar-refractivity contribution >= 4 is 16.7 Å². The Morgan fingerprint density at radius 2 is 2.04 bits per heavy atom. The van der Waals surface area contributed by atoms with Crippen LogP contribution >= 0.6 is 0 Å². The van der Waals surface area contributed by atoms with Gasteiger partial charge in [-0.2, -0.15) is 0 Å². The van der Waals surface area contributed by atoms with E-state index in [1.54, 1.807) is 6.20 Å². The number of aromatic nitrogens is 1. The number of rotatable bonds is 4. The van der Waals surface area contributed by atoms with E-state index in [0.29, 0.717) is 6.54 Å². The van der Waals surface area contributed by atoms with E-state index in [9.17, 15) is 9.18 Å². The molecule has 6 nitrogen and oxygen atoms in total. The number of alkyl halides is 1. The first-order valence-electron chi connectivity index (χ1n) is 9.51. The molecule has 2 saturated heterocycles. The largest absolute Gasteiger partial charge is 0.488 e. The molecule has 1 aromatic carbocycles. The van der Waals surface area contributed by atoms with Crippen molar-refractivity contribution in [2.24, 2.45) is 5.73 Å². The van der Waals surface area contributed by atoms with Crippen LogP contribution in [0.2, 0.25) is 0 Å². The number of fused-ring (bicyclic) bond motifs is 1. The summed E-state index contributed by atoms with van der Waals surface area (Å²) in [6.45, 7) is 1.96. The zero-order chi connectivity index (χ0) is 18.8. The first-order chi connectivity index (χ1) is 13.1. The van der Waals surface area contributed by atoms with E-state index < -0.39 is 12.3 Å². The van der Waals surface area contributed by atoms with Crippen molar-refractivity contribution < 1.29 is 13.9 Å². The lowest BCUT2D eigenvalue weighted by atomic mass is 10.1. The molecule has 0 saturated carbocycles. The van der Waals surface area contributed by atoms with Crippen LogP contribution in [0.25, 0.3) is 10.8 Å². The van der Waals surface area contributed by atoms with Gasteiger partial charge in [-0.15, -0.1) is 0 Å². The maximum absolute atomic E-state index is 13.4. The second kappa shape index (κ2) is 7.78. The Labute approximate surface area is 158 Å². The number of nitrogens with zero attached hydrogens (tertiary/aromatic N) is 3. The smallest absolute Gasteiger partial charge is 0.238 e. The third-order valence-electron chi connectivity index (χ3n) is 5.43. The van der Waals surface area contributed by atoms with Crippen molar-refractivity contribution in [3.63, 3.8) is 0 Å². The predicted octanol–water partition coefficient (Wildman–Crippen LogP) is 1.93. The van der Waals surface area contributed by atoms with E-state index in [-0.39, 0.29) is 25.0 Å². The lowest BCUT2D eigenvalue weighted by Gasteiger charge is -2.33. The quantitative estimate of drug-likeness (QED) is 0.888. The van der Waals surface area contributed by atoms with E-state index in [0.717, 1.165) is 42.5 Å². The van der Waals surface area contributed by atoms with Crippen molar-refractivity contribution in [2.75, 3.05) is 26.2 Å². The molecule has 27 heavy (non-hydrogen) atoms. The van der Waals surface area contributed by atoms with Gasteiger partial charge in [0.25, 0.3) is 0 Å². The van der Waals surface area contributed by atoms with Crippen molar-refractivity contribution in [3.05, 3.63) is 36.7 Å². The molecule has 2 fully saturated rings. The Bertz CT molecular complexity index is 804. The SMILES string of the molecule is N[C@@H]1C[C@H](F)CN1C(=O)CN1CCC(Oc2cncc3ccccc23)CC1. The highest BCUT2D eigenvalue weighted by atomic mass is 19.1. The Morgan fingerprint density at radius 3 is 2.78 bits per heavy atom. The summed E-state index contributed by atoms with van der Waals surface area (Å²) < 4.78 is 19.6. The number of amides is 1. The van der Waals surface area contributed by atoms with Gasteiger partial charge < -0.3 is 15.4 Å². The van der Waals surface area contributed by atoms with Gasteiger partial charge in [-0.25, -0.2) is 4.39 Å². The van der Waals surface area contributed by atoms with Gasteiger partial charge in [-0.3, -0.25) is 14.7 Å². The van der Waals surface area contributed by atoms with E-state index in [2.05, 4.69) is 9.88 Å². The monoisotopic (exact) mass is 372 g/mol. The van der Waals surface area contributed by atoms with Crippen molar-refractivity contribution in [3.8, 4) is 5.75 Å². The number of benzene rings is 1. The number of hydrogen-bond acceptors (Lipinski definition) is 5. The highest BCUT2D eigenvalue weighted by Crippen LogP contribution is 2.27. The maximum Gasteiger partial charge on any atom is 0.238 e. The van der Waals surface area contributed by atoms with Gasteiger partial charge in [0.1, 0.15) is 18.0 Å². The number of carbonyl (C=O) groups is 1. The lowest BCUT2D eigenvalue weighted by Crippen LogP contribution is -2.48. The summed E-state index contributed by atoms with van der Waals surface area (Å²) in [6.07, 6.45) is 4.13. The summed E-state index contributed by atoms with van der Waals surface area (Å²) in [7, 11) is 0. The number of nitrogens with two attached hydrogens (primary N) is 1. The molecule has 0 aliphatic carbocycles. The minimum Gasteiger partial charge on any atom is -0.488 e. The number of hydrogen-bond donors (Lipinski definition) is 1. The first kappa shape index (κ1) is 18.1. The number of ether oxygens (including phenoxy) is 1. The number of pyridine rings is 1. The van der Waals surface area contributed by atoms with Crippen molar-refractivity contribution in [1.29, 1.82) is 0 Å². The summed E-state index contributed by atoms with van der Waals surface area (Å²) in [5, 5.41) is 2.13. The molecule has 0 unspecified atom stereocenters. The molecule has 2 aromatic rings. The Morgan fingerprint density at radius 1 is 1.26 bits per heavy atom. The Balaban J connectivity index is 1.31. The second-order valence-corrected chi connectivity index (χ2v) is 7.40. The van der Waals surface area contributed by atoms with Gasteiger partial charge in [0.2, 0.25) is 5.91 Å². The van der Waals surface area contributed by atoms with E-state index in [1.807, 2.05) is 30.5 Å². The topological polar surface area (TPSA) is 71.7 Å². The molecule has 2 aliphatic rings. The van der Waals surface area contributed by atoms with Crippen LogP contribution in [-0.2, 0) is 4.79 Å². The number of likely N-dealkylation sites (tertiary alicyclic amines) is 2. The fourth-order valence-electron chi connectivity index (χ4n) is 3.93. The molecule has 2 aliphatic heterocycles. The van der Waals surface area contributed by atoms with Gasteiger partial charge in [-0.1, -0.05) is 24.3 Å². The second-order valence-electron chi connectivity index (χ2n) is 7.40. The molecule has 2 N–H and O–H groups in total. The Hall–Kier alpha value is -2.25. The molecule has 0 spiro atoms. The van der Waals surface area contributed by atoms with Gasteiger partial charge in [0.15, 0.2) is 0 Å². The summed E-state index contributed by atoms with van der Waals surface area (Å²) in [5.41, 5.74) is 5.85. The van der Waals surface area contributed by atoms with Crippen molar-refractivity contribution in [1.82, 2.24) is 14.8 Å². The fourth-order valence-corrected chi connectivity index (χ4v) is 3.93. The van der Waals surface area contributed by atoms with Crippen LogP contribution in [0.4, 0.5) is 4.39 Å². The van der Waals surface area contributed by atoms with Crippen molar-refractivity contribution in [2.45, 2.75) is 37.7 Å². The third-order valence-corrected chi connectivity index (χ3v) is 5.43. The van der Waals surface area contributed by atoms with Crippen LogP contribution in [0, 0.1) is 0 Å². The summed E-state index contributed by atoms with van der Waals surface area (Å²) in [4.78, 5) is 20.2. The van der Waals surface area contributed by atoms with Crippen LogP contribution in [0.15, 0.2) is 36.7 Å². The van der Waals surface area contributed by atoms with Crippen LogP contribution in [0.1, 0.15) is 19.3 Å². The molecule has 3 heterocycles. The van der Waals surface area contributed by atoms with Crippen LogP contribution in [0.5, 0.6) is 5.75 Å². The van der Waals surface area contributed by atoms with Crippen LogP contribution < -0.4 is 10.5 Å². The summed E-state index contributed by atoms with van der Waals surface area (Å²) in [5.74, 6) is 0.722. The molecular weight excluding hydrogens is 347 g/mol. The van der Waals surface area contributed by atoms with Gasteiger partial charge in [0, 0.05) is 36.5 Å². The normalized spacial score (nSPS) is 24.4. The average Bonchev–Trinajstić information content (AvgIpc) is 3.02. The lowest BCUT2D eigenvalue weighted by molar-refractivity contribution is -0.133. The first-order valence-corrected chi connectivity index (χ1v) is 9.51. The predicted molar refractivity (Wildman–Crippen MR) is 101 cm³/mol. The maximum atomic E-state index is 13.4. The molecule has 0 radical (unpaired) electrons.